The Bertz CT molecular complexity index is 181. The molecular weight excluding hydrogens is 146 g/mol. The van der Waals surface area contributed by atoms with Crippen molar-refractivity contribution in [2.24, 2.45) is 4.99 Å². The quantitative estimate of drug-likeness (QED) is 0.503. The van der Waals surface area contributed by atoms with Crippen LogP contribution in [0.1, 0.15) is 6.92 Å². The van der Waals surface area contributed by atoms with Gasteiger partial charge in [0.1, 0.15) is 18.9 Å². The van der Waals surface area contributed by atoms with Gasteiger partial charge in [-0.25, -0.2) is 4.99 Å². The number of hydrogen-bond donors (Lipinski definition) is 0. The summed E-state index contributed by atoms with van der Waals surface area (Å²) in [6, 6.07) is 0.150. The zero-order chi connectivity index (χ0) is 7.68. The minimum absolute atomic E-state index is 0.0810. The first-order chi connectivity index (χ1) is 5.36. The monoisotopic (exact) mass is 157 g/mol. The van der Waals surface area contributed by atoms with Gasteiger partial charge in [0, 0.05) is 6.92 Å². The van der Waals surface area contributed by atoms with Gasteiger partial charge >= 0.3 is 0 Å². The van der Waals surface area contributed by atoms with E-state index < -0.39 is 0 Å². The summed E-state index contributed by atoms with van der Waals surface area (Å²) in [6.45, 7) is 3.42. The van der Waals surface area contributed by atoms with Crippen LogP contribution in [-0.2, 0) is 14.2 Å². The second-order valence-corrected chi connectivity index (χ2v) is 2.73. The van der Waals surface area contributed by atoms with Gasteiger partial charge in [0.25, 0.3) is 0 Å². The lowest BCUT2D eigenvalue weighted by Gasteiger charge is -2.11. The Labute approximate surface area is 65.2 Å². The van der Waals surface area contributed by atoms with Gasteiger partial charge in [0.05, 0.1) is 13.2 Å². The molecule has 2 rings (SSSR count). The third-order valence-electron chi connectivity index (χ3n) is 1.84. The van der Waals surface area contributed by atoms with Crippen LogP contribution < -0.4 is 0 Å². The number of rotatable bonds is 0. The minimum Gasteiger partial charge on any atom is -0.473 e. The molecule has 2 aliphatic rings. The molecule has 2 aliphatic heterocycles. The summed E-state index contributed by atoms with van der Waals surface area (Å²) in [6.07, 6.45) is 0.0810. The van der Waals surface area contributed by atoms with Gasteiger partial charge in [-0.15, -0.1) is 0 Å². The topological polar surface area (TPSA) is 40.0 Å². The highest BCUT2D eigenvalue weighted by atomic mass is 16.7. The SMILES string of the molecule is CC1=N[C@H]2COCOC[C@H]2O1. The van der Waals surface area contributed by atoms with Crippen LogP contribution >= 0.6 is 0 Å². The fraction of sp³-hybridized carbons (Fsp3) is 0.857. The molecule has 0 N–H and O–H groups in total. The molecule has 2 atom stereocenters. The summed E-state index contributed by atoms with van der Waals surface area (Å²) < 4.78 is 15.7. The van der Waals surface area contributed by atoms with Crippen LogP contribution in [0.2, 0.25) is 0 Å². The fourth-order valence-electron chi connectivity index (χ4n) is 1.33. The molecule has 0 spiro atoms. The molecule has 4 heteroatoms. The van der Waals surface area contributed by atoms with Crippen molar-refractivity contribution in [1.82, 2.24) is 0 Å². The largest absolute Gasteiger partial charge is 0.473 e. The van der Waals surface area contributed by atoms with Crippen LogP contribution in [0.25, 0.3) is 0 Å². The van der Waals surface area contributed by atoms with E-state index in [-0.39, 0.29) is 12.1 Å². The Kier molecular flexibility index (Phi) is 1.79. The first-order valence-electron chi connectivity index (χ1n) is 3.73. The molecule has 4 nitrogen and oxygen atoms in total. The summed E-state index contributed by atoms with van der Waals surface area (Å²) in [5, 5.41) is 0. The van der Waals surface area contributed by atoms with Gasteiger partial charge in [-0.3, -0.25) is 0 Å². The maximum absolute atomic E-state index is 5.39. The first kappa shape index (κ1) is 7.06. The Morgan fingerprint density at radius 2 is 2.18 bits per heavy atom. The third kappa shape index (κ3) is 1.36. The molecule has 11 heavy (non-hydrogen) atoms. The second kappa shape index (κ2) is 2.79. The van der Waals surface area contributed by atoms with Crippen LogP contribution in [0, 0.1) is 0 Å². The lowest BCUT2D eigenvalue weighted by atomic mass is 10.2. The van der Waals surface area contributed by atoms with Crippen molar-refractivity contribution >= 4 is 5.90 Å². The smallest absolute Gasteiger partial charge is 0.181 e. The van der Waals surface area contributed by atoms with Crippen LogP contribution in [-0.4, -0.2) is 38.1 Å². The molecule has 0 bridgehead atoms. The standard InChI is InChI=1S/C7H11NO3/c1-5-8-6-2-9-4-10-3-7(6)11-5/h6-7H,2-4H2,1H3/t6-,7+/m0/s1. The number of ether oxygens (including phenoxy) is 3. The van der Waals surface area contributed by atoms with Gasteiger partial charge < -0.3 is 14.2 Å². The molecule has 0 aromatic rings. The predicted molar refractivity (Wildman–Crippen MR) is 38.5 cm³/mol. The molecule has 0 amide bonds. The first-order valence-corrected chi connectivity index (χ1v) is 3.73. The predicted octanol–water partition coefficient (Wildman–Crippen LogP) is 0.176. The molecule has 0 radical (unpaired) electrons. The van der Waals surface area contributed by atoms with Gasteiger partial charge in [-0.05, 0) is 0 Å². The van der Waals surface area contributed by atoms with Gasteiger partial charge in [-0.2, -0.15) is 0 Å². The van der Waals surface area contributed by atoms with E-state index in [9.17, 15) is 0 Å². The number of aliphatic imine (C=N–C) groups is 1. The van der Waals surface area contributed by atoms with Crippen molar-refractivity contribution in [2.45, 2.75) is 19.1 Å². The van der Waals surface area contributed by atoms with Crippen molar-refractivity contribution in [3.63, 3.8) is 0 Å². The van der Waals surface area contributed by atoms with Crippen LogP contribution in [0.3, 0.4) is 0 Å². The summed E-state index contributed by atoms with van der Waals surface area (Å²) in [4.78, 5) is 4.26. The number of hydrogen-bond acceptors (Lipinski definition) is 4. The summed E-state index contributed by atoms with van der Waals surface area (Å²) in [5.74, 6) is 0.745. The van der Waals surface area contributed by atoms with E-state index >= 15 is 0 Å². The summed E-state index contributed by atoms with van der Waals surface area (Å²) in [7, 11) is 0. The minimum atomic E-state index is 0.0810. The number of nitrogens with zero attached hydrogens (tertiary/aromatic N) is 1. The highest BCUT2D eigenvalue weighted by Crippen LogP contribution is 2.16. The van der Waals surface area contributed by atoms with Crippen molar-refractivity contribution in [3.8, 4) is 0 Å². The average Bonchev–Trinajstić information content (AvgIpc) is 2.17. The fourth-order valence-corrected chi connectivity index (χ4v) is 1.33. The molecule has 1 fully saturated rings. The van der Waals surface area contributed by atoms with Gasteiger partial charge in [0.15, 0.2) is 5.90 Å². The van der Waals surface area contributed by atoms with E-state index in [4.69, 9.17) is 14.2 Å². The van der Waals surface area contributed by atoms with E-state index in [1.54, 1.807) is 0 Å². The Morgan fingerprint density at radius 1 is 1.36 bits per heavy atom. The van der Waals surface area contributed by atoms with Gasteiger partial charge in [-0.1, -0.05) is 0 Å². The second-order valence-electron chi connectivity index (χ2n) is 2.73. The molecule has 2 heterocycles. The molecule has 1 saturated heterocycles. The van der Waals surface area contributed by atoms with E-state index in [0.717, 1.165) is 5.90 Å². The van der Waals surface area contributed by atoms with E-state index in [2.05, 4.69) is 4.99 Å². The zero-order valence-corrected chi connectivity index (χ0v) is 6.45. The third-order valence-corrected chi connectivity index (χ3v) is 1.84. The molecule has 0 aromatic carbocycles. The molecule has 0 saturated carbocycles. The van der Waals surface area contributed by atoms with Crippen molar-refractivity contribution < 1.29 is 14.2 Å². The number of fused-ring (bicyclic) bond motifs is 1. The maximum Gasteiger partial charge on any atom is 0.181 e. The molecule has 62 valence electrons. The summed E-state index contributed by atoms with van der Waals surface area (Å²) >= 11 is 0. The van der Waals surface area contributed by atoms with Crippen LogP contribution in [0.5, 0.6) is 0 Å². The van der Waals surface area contributed by atoms with Crippen molar-refractivity contribution in [1.29, 1.82) is 0 Å². The van der Waals surface area contributed by atoms with Crippen LogP contribution in [0.4, 0.5) is 0 Å². The van der Waals surface area contributed by atoms with E-state index in [0.29, 0.717) is 20.0 Å². The van der Waals surface area contributed by atoms with Crippen LogP contribution in [0.15, 0.2) is 4.99 Å². The Balaban J connectivity index is 2.04. The molecular formula is C7H11NO3. The highest BCUT2D eigenvalue weighted by molar-refractivity contribution is 5.75. The molecule has 0 aromatic heterocycles. The Hall–Kier alpha value is -0.610. The molecule has 0 unspecified atom stereocenters. The zero-order valence-electron chi connectivity index (χ0n) is 6.45. The normalized spacial score (nSPS) is 37.0. The lowest BCUT2D eigenvalue weighted by molar-refractivity contribution is -0.0416. The van der Waals surface area contributed by atoms with E-state index in [1.807, 2.05) is 6.92 Å². The van der Waals surface area contributed by atoms with Crippen molar-refractivity contribution in [3.05, 3.63) is 0 Å². The van der Waals surface area contributed by atoms with Gasteiger partial charge in [0.2, 0.25) is 0 Å². The van der Waals surface area contributed by atoms with E-state index in [1.165, 1.54) is 0 Å². The Morgan fingerprint density at radius 3 is 3.09 bits per heavy atom. The highest BCUT2D eigenvalue weighted by Gasteiger charge is 2.31. The average molecular weight is 157 g/mol. The maximum atomic E-state index is 5.39. The summed E-state index contributed by atoms with van der Waals surface area (Å²) in [5.41, 5.74) is 0. The lowest BCUT2D eigenvalue weighted by Crippen LogP contribution is -2.27. The van der Waals surface area contributed by atoms with Crippen molar-refractivity contribution in [2.75, 3.05) is 20.0 Å². The molecule has 0 aliphatic carbocycles.